The largest absolute Gasteiger partial charge is 0.497 e. The van der Waals surface area contributed by atoms with Gasteiger partial charge in [-0.2, -0.15) is 0 Å². The summed E-state index contributed by atoms with van der Waals surface area (Å²) in [6.45, 7) is 3.84. The van der Waals surface area contributed by atoms with Gasteiger partial charge in [0, 0.05) is 28.2 Å². The second-order valence-electron chi connectivity index (χ2n) is 7.86. The van der Waals surface area contributed by atoms with Crippen LogP contribution in [0.15, 0.2) is 71.4 Å². The van der Waals surface area contributed by atoms with Crippen LogP contribution in [0.3, 0.4) is 0 Å². The molecule has 4 aromatic rings. The standard InChI is InChI=1S/C28H27NO5/c1-17(13-26(30)29-24-11-6-7-12-25(24)32-4)21-15-22-23(19-9-8-10-20(14-19)31-3)16-34-28(22)18(2)27(21)33-5/h6-16H,1-5H3,(H,29,30)/b17-13+. The van der Waals surface area contributed by atoms with Gasteiger partial charge in [-0.1, -0.05) is 24.3 Å². The van der Waals surface area contributed by atoms with E-state index < -0.39 is 0 Å². The van der Waals surface area contributed by atoms with Crippen LogP contribution in [0.2, 0.25) is 0 Å². The third-order valence-electron chi connectivity index (χ3n) is 5.77. The Morgan fingerprint density at radius 1 is 0.971 bits per heavy atom. The first-order valence-corrected chi connectivity index (χ1v) is 10.8. The second-order valence-corrected chi connectivity index (χ2v) is 7.86. The number of para-hydroxylation sites is 2. The maximum Gasteiger partial charge on any atom is 0.248 e. The zero-order chi connectivity index (χ0) is 24.2. The van der Waals surface area contributed by atoms with Gasteiger partial charge in [-0.05, 0) is 55.3 Å². The van der Waals surface area contributed by atoms with Crippen molar-refractivity contribution in [3.8, 4) is 28.4 Å². The number of hydrogen-bond donors (Lipinski definition) is 1. The molecule has 0 aliphatic heterocycles. The van der Waals surface area contributed by atoms with E-state index in [4.69, 9.17) is 18.6 Å². The van der Waals surface area contributed by atoms with Crippen LogP contribution in [-0.2, 0) is 4.79 Å². The Bertz CT molecular complexity index is 1380. The minimum absolute atomic E-state index is 0.262. The fourth-order valence-corrected chi connectivity index (χ4v) is 4.08. The summed E-state index contributed by atoms with van der Waals surface area (Å²) in [5.41, 5.74) is 5.69. The Labute approximate surface area is 198 Å². The van der Waals surface area contributed by atoms with E-state index in [1.807, 2.05) is 56.3 Å². The van der Waals surface area contributed by atoms with Crippen LogP contribution in [0.1, 0.15) is 18.1 Å². The fourth-order valence-electron chi connectivity index (χ4n) is 4.08. The van der Waals surface area contributed by atoms with Crippen LogP contribution in [0, 0.1) is 6.92 Å². The van der Waals surface area contributed by atoms with E-state index in [0.717, 1.165) is 44.5 Å². The monoisotopic (exact) mass is 457 g/mol. The number of hydrogen-bond acceptors (Lipinski definition) is 5. The number of benzene rings is 3. The van der Waals surface area contributed by atoms with Crippen molar-refractivity contribution < 1.29 is 23.4 Å². The lowest BCUT2D eigenvalue weighted by molar-refractivity contribution is -0.111. The third kappa shape index (κ3) is 4.35. The first-order chi connectivity index (χ1) is 16.5. The smallest absolute Gasteiger partial charge is 0.248 e. The van der Waals surface area contributed by atoms with Gasteiger partial charge in [-0.15, -0.1) is 0 Å². The zero-order valence-electron chi connectivity index (χ0n) is 19.9. The average Bonchev–Trinajstić information content (AvgIpc) is 3.28. The number of methoxy groups -OCH3 is 3. The Morgan fingerprint density at radius 3 is 2.50 bits per heavy atom. The molecule has 0 spiro atoms. The average molecular weight is 458 g/mol. The summed E-state index contributed by atoms with van der Waals surface area (Å²) in [4.78, 5) is 12.8. The first kappa shape index (κ1) is 23.0. The Balaban J connectivity index is 1.77. The molecule has 4 rings (SSSR count). The van der Waals surface area contributed by atoms with Crippen molar-refractivity contribution in [1.82, 2.24) is 0 Å². The van der Waals surface area contributed by atoms with Crippen molar-refractivity contribution in [2.24, 2.45) is 0 Å². The normalized spacial score (nSPS) is 11.4. The summed E-state index contributed by atoms with van der Waals surface area (Å²) >= 11 is 0. The van der Waals surface area contributed by atoms with Gasteiger partial charge in [-0.25, -0.2) is 0 Å². The predicted octanol–water partition coefficient (Wildman–Crippen LogP) is 6.48. The molecule has 34 heavy (non-hydrogen) atoms. The highest BCUT2D eigenvalue weighted by molar-refractivity contribution is 6.06. The zero-order valence-corrected chi connectivity index (χ0v) is 19.9. The molecule has 1 heterocycles. The number of rotatable bonds is 7. The number of aryl methyl sites for hydroxylation is 1. The van der Waals surface area contributed by atoms with Crippen molar-refractivity contribution in [2.75, 3.05) is 26.6 Å². The quantitative estimate of drug-likeness (QED) is 0.322. The lowest BCUT2D eigenvalue weighted by Crippen LogP contribution is -2.09. The topological polar surface area (TPSA) is 69.9 Å². The number of fused-ring (bicyclic) bond motifs is 1. The number of furan rings is 1. The van der Waals surface area contributed by atoms with Gasteiger partial charge in [0.2, 0.25) is 5.91 Å². The van der Waals surface area contributed by atoms with E-state index in [1.54, 1.807) is 45.8 Å². The van der Waals surface area contributed by atoms with Gasteiger partial charge in [-0.3, -0.25) is 4.79 Å². The molecule has 0 fully saturated rings. The molecule has 0 saturated heterocycles. The van der Waals surface area contributed by atoms with E-state index >= 15 is 0 Å². The first-order valence-electron chi connectivity index (χ1n) is 10.8. The molecule has 0 saturated carbocycles. The Kier molecular flexibility index (Phi) is 6.59. The lowest BCUT2D eigenvalue weighted by Gasteiger charge is -2.14. The van der Waals surface area contributed by atoms with Gasteiger partial charge in [0.05, 0.1) is 33.3 Å². The van der Waals surface area contributed by atoms with Crippen molar-refractivity contribution in [1.29, 1.82) is 0 Å². The summed E-state index contributed by atoms with van der Waals surface area (Å²) in [5.74, 6) is 1.76. The van der Waals surface area contributed by atoms with E-state index in [2.05, 4.69) is 5.32 Å². The van der Waals surface area contributed by atoms with E-state index in [0.29, 0.717) is 17.2 Å². The van der Waals surface area contributed by atoms with Crippen LogP contribution in [0.25, 0.3) is 27.7 Å². The van der Waals surface area contributed by atoms with Gasteiger partial charge in [0.1, 0.15) is 22.8 Å². The van der Waals surface area contributed by atoms with Gasteiger partial charge < -0.3 is 23.9 Å². The van der Waals surface area contributed by atoms with Crippen LogP contribution in [0.4, 0.5) is 5.69 Å². The molecule has 0 aliphatic carbocycles. The number of carbonyl (C=O) groups is 1. The summed E-state index contributed by atoms with van der Waals surface area (Å²) in [6.07, 6.45) is 3.30. The molecule has 3 aromatic carbocycles. The van der Waals surface area contributed by atoms with Crippen molar-refractivity contribution >= 4 is 28.1 Å². The van der Waals surface area contributed by atoms with Crippen LogP contribution < -0.4 is 19.5 Å². The minimum Gasteiger partial charge on any atom is -0.497 e. The van der Waals surface area contributed by atoms with E-state index in [9.17, 15) is 4.79 Å². The van der Waals surface area contributed by atoms with Gasteiger partial charge in [0.15, 0.2) is 0 Å². The number of carbonyl (C=O) groups excluding carboxylic acids is 1. The number of amides is 1. The summed E-state index contributed by atoms with van der Waals surface area (Å²) < 4.78 is 22.4. The number of ether oxygens (including phenoxy) is 3. The molecule has 6 heteroatoms. The van der Waals surface area contributed by atoms with Gasteiger partial charge >= 0.3 is 0 Å². The van der Waals surface area contributed by atoms with Crippen molar-refractivity contribution in [2.45, 2.75) is 13.8 Å². The maximum absolute atomic E-state index is 12.8. The van der Waals surface area contributed by atoms with Crippen LogP contribution >= 0.6 is 0 Å². The molecular formula is C28H27NO5. The Morgan fingerprint density at radius 2 is 1.76 bits per heavy atom. The van der Waals surface area contributed by atoms with Gasteiger partial charge in [0.25, 0.3) is 0 Å². The highest BCUT2D eigenvalue weighted by atomic mass is 16.5. The molecule has 0 unspecified atom stereocenters. The molecule has 6 nitrogen and oxygen atoms in total. The van der Waals surface area contributed by atoms with Crippen LogP contribution in [-0.4, -0.2) is 27.2 Å². The fraction of sp³-hybridized carbons (Fsp3) is 0.179. The molecule has 1 amide bonds. The summed E-state index contributed by atoms with van der Waals surface area (Å²) in [7, 11) is 4.83. The van der Waals surface area contributed by atoms with Crippen LogP contribution in [0.5, 0.6) is 17.2 Å². The molecule has 174 valence electrons. The predicted molar refractivity (Wildman–Crippen MR) is 135 cm³/mol. The number of allylic oxidation sites excluding steroid dienone is 1. The molecule has 1 N–H and O–H groups in total. The molecule has 0 aliphatic rings. The summed E-state index contributed by atoms with van der Waals surface area (Å²) in [5, 5.41) is 3.81. The lowest BCUT2D eigenvalue weighted by atomic mass is 9.96. The third-order valence-corrected chi connectivity index (χ3v) is 5.77. The van der Waals surface area contributed by atoms with Crippen molar-refractivity contribution in [3.63, 3.8) is 0 Å². The van der Waals surface area contributed by atoms with E-state index in [-0.39, 0.29) is 5.91 Å². The minimum atomic E-state index is -0.262. The highest BCUT2D eigenvalue weighted by Gasteiger charge is 2.19. The highest BCUT2D eigenvalue weighted by Crippen LogP contribution is 2.41. The molecule has 0 atom stereocenters. The Hall–Kier alpha value is -4.19. The second kappa shape index (κ2) is 9.75. The number of anilines is 1. The molecule has 0 radical (unpaired) electrons. The molecule has 0 bridgehead atoms. The molecular weight excluding hydrogens is 430 g/mol. The molecule has 1 aromatic heterocycles. The van der Waals surface area contributed by atoms with E-state index in [1.165, 1.54) is 0 Å². The SMILES string of the molecule is COc1cccc(-c2coc3c(C)c(OC)c(/C(C)=C/C(=O)Nc4ccccc4OC)cc23)c1. The number of nitrogens with one attached hydrogen (secondary N) is 1. The summed E-state index contributed by atoms with van der Waals surface area (Å²) in [6, 6.07) is 17.1. The van der Waals surface area contributed by atoms with Crippen molar-refractivity contribution in [3.05, 3.63) is 78.1 Å². The maximum atomic E-state index is 12.8.